The topological polar surface area (TPSA) is 46.9 Å². The van der Waals surface area contributed by atoms with Crippen LogP contribution in [-0.4, -0.2) is 15.7 Å². The molecule has 1 aromatic heterocycles. The van der Waals surface area contributed by atoms with E-state index in [1.807, 2.05) is 19.1 Å². The molecule has 0 aliphatic carbocycles. The lowest BCUT2D eigenvalue weighted by molar-refractivity contribution is 0.101. The molecule has 0 bridgehead atoms. The Hall–Kier alpha value is -2.10. The summed E-state index contributed by atoms with van der Waals surface area (Å²) in [6, 6.07) is 7.79. The van der Waals surface area contributed by atoms with Crippen LogP contribution in [0, 0.1) is 6.92 Å². The Morgan fingerprint density at radius 1 is 1.32 bits per heavy atom. The van der Waals surface area contributed by atoms with E-state index in [0.29, 0.717) is 11.6 Å². The van der Waals surface area contributed by atoms with Crippen LogP contribution in [0.1, 0.15) is 41.4 Å². The number of nitrogens with zero attached hydrogens (tertiary/aromatic N) is 2. The van der Waals surface area contributed by atoms with Gasteiger partial charge in [0.25, 0.3) is 5.91 Å². The molecule has 4 heteroatoms. The fourth-order valence-electron chi connectivity index (χ4n) is 2.12. The summed E-state index contributed by atoms with van der Waals surface area (Å²) in [7, 11) is 1.76. The molecule has 0 saturated carbocycles. The number of carbonyl (C=O) groups excluding carboxylic acids is 1. The van der Waals surface area contributed by atoms with Gasteiger partial charge in [0, 0.05) is 18.9 Å². The standard InChI is InChI=1S/C15H19N3O/c1-10(2)12-7-5-6-11(3)14(12)17-15(19)13-8-9-16-18(13)4/h5-10H,1-4H3,(H,17,19). The molecule has 0 unspecified atom stereocenters. The van der Waals surface area contributed by atoms with Crippen LogP contribution in [0.5, 0.6) is 0 Å². The van der Waals surface area contributed by atoms with Crippen molar-refractivity contribution in [2.45, 2.75) is 26.7 Å². The predicted octanol–water partition coefficient (Wildman–Crippen LogP) is 3.10. The van der Waals surface area contributed by atoms with Gasteiger partial charge in [-0.25, -0.2) is 0 Å². The highest BCUT2D eigenvalue weighted by atomic mass is 16.2. The zero-order chi connectivity index (χ0) is 14.0. The van der Waals surface area contributed by atoms with Gasteiger partial charge < -0.3 is 5.32 Å². The van der Waals surface area contributed by atoms with Crippen LogP contribution in [-0.2, 0) is 7.05 Å². The average molecular weight is 257 g/mol. The van der Waals surface area contributed by atoms with Crippen LogP contribution in [0.15, 0.2) is 30.5 Å². The first kappa shape index (κ1) is 13.3. The second-order valence-electron chi connectivity index (χ2n) is 4.99. The number of aromatic nitrogens is 2. The van der Waals surface area contributed by atoms with Crippen LogP contribution >= 0.6 is 0 Å². The summed E-state index contributed by atoms with van der Waals surface area (Å²) in [6.45, 7) is 6.24. The summed E-state index contributed by atoms with van der Waals surface area (Å²) in [5.74, 6) is 0.234. The molecule has 0 atom stereocenters. The molecule has 1 aromatic carbocycles. The van der Waals surface area contributed by atoms with E-state index in [9.17, 15) is 4.79 Å². The van der Waals surface area contributed by atoms with Gasteiger partial charge in [-0.3, -0.25) is 9.48 Å². The largest absolute Gasteiger partial charge is 0.320 e. The molecule has 1 amide bonds. The van der Waals surface area contributed by atoms with Crippen molar-refractivity contribution < 1.29 is 4.79 Å². The van der Waals surface area contributed by atoms with Gasteiger partial charge in [0.05, 0.1) is 0 Å². The Balaban J connectivity index is 2.34. The lowest BCUT2D eigenvalue weighted by Gasteiger charge is -2.16. The van der Waals surface area contributed by atoms with E-state index < -0.39 is 0 Å². The maximum Gasteiger partial charge on any atom is 0.273 e. The molecule has 19 heavy (non-hydrogen) atoms. The summed E-state index contributed by atoms with van der Waals surface area (Å²) in [4.78, 5) is 12.3. The number of hydrogen-bond donors (Lipinski definition) is 1. The number of aryl methyl sites for hydroxylation is 2. The highest BCUT2D eigenvalue weighted by Gasteiger charge is 2.15. The second kappa shape index (κ2) is 5.26. The molecule has 2 rings (SSSR count). The van der Waals surface area contributed by atoms with Crippen molar-refractivity contribution in [1.82, 2.24) is 9.78 Å². The van der Waals surface area contributed by atoms with E-state index in [0.717, 1.165) is 16.8 Å². The van der Waals surface area contributed by atoms with Gasteiger partial charge in [-0.15, -0.1) is 0 Å². The monoisotopic (exact) mass is 257 g/mol. The van der Waals surface area contributed by atoms with Crippen molar-refractivity contribution in [2.24, 2.45) is 7.05 Å². The van der Waals surface area contributed by atoms with Crippen molar-refractivity contribution in [3.05, 3.63) is 47.3 Å². The zero-order valence-electron chi connectivity index (χ0n) is 11.8. The average Bonchev–Trinajstić information content (AvgIpc) is 2.77. The zero-order valence-corrected chi connectivity index (χ0v) is 11.8. The lowest BCUT2D eigenvalue weighted by Crippen LogP contribution is -2.18. The van der Waals surface area contributed by atoms with Gasteiger partial charge in [0.2, 0.25) is 0 Å². The minimum Gasteiger partial charge on any atom is -0.320 e. The molecule has 0 aliphatic rings. The van der Waals surface area contributed by atoms with E-state index >= 15 is 0 Å². The highest BCUT2D eigenvalue weighted by Crippen LogP contribution is 2.27. The summed E-state index contributed by atoms with van der Waals surface area (Å²) >= 11 is 0. The number of benzene rings is 1. The number of nitrogens with one attached hydrogen (secondary N) is 1. The Morgan fingerprint density at radius 2 is 2.05 bits per heavy atom. The van der Waals surface area contributed by atoms with Crippen LogP contribution < -0.4 is 5.32 Å². The van der Waals surface area contributed by atoms with Crippen molar-refractivity contribution >= 4 is 11.6 Å². The van der Waals surface area contributed by atoms with Crippen molar-refractivity contribution in [3.63, 3.8) is 0 Å². The molecule has 2 aromatic rings. The van der Waals surface area contributed by atoms with Gasteiger partial charge in [0.15, 0.2) is 0 Å². The first-order chi connectivity index (χ1) is 9.00. The third-order valence-corrected chi connectivity index (χ3v) is 3.22. The van der Waals surface area contributed by atoms with Crippen LogP contribution in [0.3, 0.4) is 0 Å². The van der Waals surface area contributed by atoms with Gasteiger partial charge in [-0.05, 0) is 30.0 Å². The molecule has 0 saturated heterocycles. The molecular weight excluding hydrogens is 238 g/mol. The van der Waals surface area contributed by atoms with E-state index in [2.05, 4.69) is 30.3 Å². The summed E-state index contributed by atoms with van der Waals surface area (Å²) in [5, 5.41) is 7.02. The number of anilines is 1. The fourth-order valence-corrected chi connectivity index (χ4v) is 2.12. The van der Waals surface area contributed by atoms with Gasteiger partial charge in [-0.1, -0.05) is 32.0 Å². The molecular formula is C15H19N3O. The molecule has 0 radical (unpaired) electrons. The Morgan fingerprint density at radius 3 is 2.63 bits per heavy atom. The van der Waals surface area contributed by atoms with E-state index in [-0.39, 0.29) is 5.91 Å². The highest BCUT2D eigenvalue weighted by molar-refractivity contribution is 6.03. The third-order valence-electron chi connectivity index (χ3n) is 3.22. The SMILES string of the molecule is Cc1cccc(C(C)C)c1NC(=O)c1ccnn1C. The number of rotatable bonds is 3. The Kier molecular flexibility index (Phi) is 3.69. The molecule has 4 nitrogen and oxygen atoms in total. The second-order valence-corrected chi connectivity index (χ2v) is 4.99. The quantitative estimate of drug-likeness (QED) is 0.918. The number of para-hydroxylation sites is 1. The summed E-state index contributed by atoms with van der Waals surface area (Å²) in [5.41, 5.74) is 3.68. The maximum atomic E-state index is 12.3. The molecule has 0 spiro atoms. The van der Waals surface area contributed by atoms with E-state index in [4.69, 9.17) is 0 Å². The third kappa shape index (κ3) is 2.67. The minimum absolute atomic E-state index is 0.129. The first-order valence-electron chi connectivity index (χ1n) is 6.39. The van der Waals surface area contributed by atoms with Crippen LogP contribution in [0.2, 0.25) is 0 Å². The first-order valence-corrected chi connectivity index (χ1v) is 6.39. The molecule has 1 heterocycles. The van der Waals surface area contributed by atoms with Gasteiger partial charge >= 0.3 is 0 Å². The minimum atomic E-state index is -0.129. The number of carbonyl (C=O) groups is 1. The smallest absolute Gasteiger partial charge is 0.273 e. The molecule has 0 aliphatic heterocycles. The van der Waals surface area contributed by atoms with Crippen molar-refractivity contribution in [1.29, 1.82) is 0 Å². The Labute approximate surface area is 113 Å². The van der Waals surface area contributed by atoms with Crippen molar-refractivity contribution in [2.75, 3.05) is 5.32 Å². The van der Waals surface area contributed by atoms with Crippen molar-refractivity contribution in [3.8, 4) is 0 Å². The summed E-state index contributed by atoms with van der Waals surface area (Å²) < 4.78 is 1.57. The fraction of sp³-hybridized carbons (Fsp3) is 0.333. The maximum absolute atomic E-state index is 12.3. The molecule has 1 N–H and O–H groups in total. The van der Waals surface area contributed by atoms with Gasteiger partial charge in [0.1, 0.15) is 5.69 Å². The van der Waals surface area contributed by atoms with Crippen LogP contribution in [0.4, 0.5) is 5.69 Å². The number of hydrogen-bond acceptors (Lipinski definition) is 2. The predicted molar refractivity (Wildman–Crippen MR) is 76.4 cm³/mol. The lowest BCUT2D eigenvalue weighted by atomic mass is 9.98. The summed E-state index contributed by atoms with van der Waals surface area (Å²) in [6.07, 6.45) is 1.62. The normalized spacial score (nSPS) is 10.8. The van der Waals surface area contributed by atoms with Crippen LogP contribution in [0.25, 0.3) is 0 Å². The molecule has 100 valence electrons. The number of amides is 1. The van der Waals surface area contributed by atoms with E-state index in [1.165, 1.54) is 0 Å². The van der Waals surface area contributed by atoms with E-state index in [1.54, 1.807) is 24.0 Å². The van der Waals surface area contributed by atoms with Gasteiger partial charge in [-0.2, -0.15) is 5.10 Å². The molecule has 0 fully saturated rings. The Bertz CT molecular complexity index is 599.